The normalized spacial score (nSPS) is 10.2. The number of methoxy groups -OCH3 is 1. The minimum Gasteiger partial charge on any atom is -0.465 e. The molecule has 7 nitrogen and oxygen atoms in total. The van der Waals surface area contributed by atoms with Gasteiger partial charge in [-0.2, -0.15) is 0 Å². The molecule has 3 rings (SSSR count). The number of hydrogen-bond acceptors (Lipinski definition) is 6. The molecule has 2 N–H and O–H groups in total. The van der Waals surface area contributed by atoms with E-state index < -0.39 is 11.9 Å². The third-order valence-electron chi connectivity index (χ3n) is 3.81. The van der Waals surface area contributed by atoms with Gasteiger partial charge in [-0.1, -0.05) is 23.7 Å². The number of amides is 1. The average Bonchev–Trinajstić information content (AvgIpc) is 2.69. The molecule has 0 fully saturated rings. The molecule has 0 bridgehead atoms. The fraction of sp³-hybridized carbons (Fsp3) is 0.100. The summed E-state index contributed by atoms with van der Waals surface area (Å²) in [4.78, 5) is 32.4. The minimum atomic E-state index is -0.529. The van der Waals surface area contributed by atoms with E-state index in [9.17, 15) is 9.59 Å². The molecule has 0 aliphatic heterocycles. The molecular formula is C20H17ClN4O3. The molecule has 2 aromatic carbocycles. The van der Waals surface area contributed by atoms with Gasteiger partial charge in [-0.25, -0.2) is 14.8 Å². The Morgan fingerprint density at radius 1 is 1.07 bits per heavy atom. The number of nitrogens with one attached hydrogen (secondary N) is 2. The molecule has 28 heavy (non-hydrogen) atoms. The fourth-order valence-corrected chi connectivity index (χ4v) is 2.60. The number of carbonyl (C=O) groups excluding carboxylic acids is 2. The number of nitrogens with zero attached hydrogens (tertiary/aromatic N) is 2. The highest BCUT2D eigenvalue weighted by atomic mass is 35.5. The van der Waals surface area contributed by atoms with Crippen LogP contribution in [0.5, 0.6) is 0 Å². The molecule has 8 heteroatoms. The van der Waals surface area contributed by atoms with Crippen LogP contribution in [0.25, 0.3) is 0 Å². The van der Waals surface area contributed by atoms with Crippen LogP contribution in [0.4, 0.5) is 17.2 Å². The lowest BCUT2D eigenvalue weighted by Crippen LogP contribution is -2.15. The Hall–Kier alpha value is -3.45. The molecule has 0 spiro atoms. The summed E-state index contributed by atoms with van der Waals surface area (Å²) in [5.74, 6) is -0.523. The van der Waals surface area contributed by atoms with Crippen molar-refractivity contribution in [1.82, 2.24) is 9.97 Å². The van der Waals surface area contributed by atoms with Crippen LogP contribution in [0.3, 0.4) is 0 Å². The highest BCUT2D eigenvalue weighted by molar-refractivity contribution is 6.34. The van der Waals surface area contributed by atoms with E-state index in [1.807, 2.05) is 31.2 Å². The van der Waals surface area contributed by atoms with Gasteiger partial charge in [-0.05, 0) is 42.8 Å². The Morgan fingerprint density at radius 3 is 2.57 bits per heavy atom. The third kappa shape index (κ3) is 4.63. The van der Waals surface area contributed by atoms with Crippen LogP contribution in [0.2, 0.25) is 5.02 Å². The van der Waals surface area contributed by atoms with Gasteiger partial charge in [0.05, 0.1) is 35.8 Å². The van der Waals surface area contributed by atoms with Crippen molar-refractivity contribution in [1.29, 1.82) is 0 Å². The zero-order valence-corrected chi connectivity index (χ0v) is 15.9. The van der Waals surface area contributed by atoms with Gasteiger partial charge in [0.1, 0.15) is 11.5 Å². The van der Waals surface area contributed by atoms with E-state index in [0.29, 0.717) is 5.82 Å². The number of halogens is 1. The van der Waals surface area contributed by atoms with Crippen molar-refractivity contribution in [3.63, 3.8) is 0 Å². The molecular weight excluding hydrogens is 380 g/mol. The first kappa shape index (κ1) is 19.3. The molecule has 0 radical (unpaired) electrons. The van der Waals surface area contributed by atoms with Gasteiger partial charge in [0.15, 0.2) is 0 Å². The zero-order chi connectivity index (χ0) is 20.1. The minimum absolute atomic E-state index is 0.106. The summed E-state index contributed by atoms with van der Waals surface area (Å²) in [6.07, 6.45) is 2.81. The van der Waals surface area contributed by atoms with E-state index in [-0.39, 0.29) is 22.0 Å². The molecule has 0 saturated carbocycles. The number of rotatable bonds is 5. The zero-order valence-electron chi connectivity index (χ0n) is 15.2. The molecule has 1 amide bonds. The first-order chi connectivity index (χ1) is 13.5. The van der Waals surface area contributed by atoms with Gasteiger partial charge in [-0.3, -0.25) is 4.79 Å². The smallest absolute Gasteiger partial charge is 0.337 e. The second kappa shape index (κ2) is 8.49. The molecule has 0 aliphatic rings. The predicted molar refractivity (Wildman–Crippen MR) is 107 cm³/mol. The van der Waals surface area contributed by atoms with E-state index in [1.54, 1.807) is 0 Å². The van der Waals surface area contributed by atoms with Crippen LogP contribution >= 0.6 is 11.6 Å². The van der Waals surface area contributed by atoms with Crippen molar-refractivity contribution in [3.8, 4) is 0 Å². The first-order valence-corrected chi connectivity index (χ1v) is 8.69. The number of benzene rings is 2. The number of anilines is 3. The van der Waals surface area contributed by atoms with E-state index in [2.05, 4.69) is 25.3 Å². The van der Waals surface area contributed by atoms with Crippen LogP contribution in [0.15, 0.2) is 54.9 Å². The van der Waals surface area contributed by atoms with Crippen molar-refractivity contribution >= 4 is 40.7 Å². The Balaban J connectivity index is 1.72. The SMILES string of the molecule is COC(=O)c1ccc(Cl)c(NC(=O)c2cnc(Nc3cccc(C)c3)cn2)c1. The van der Waals surface area contributed by atoms with Crippen LogP contribution in [-0.4, -0.2) is 29.0 Å². The summed E-state index contributed by atoms with van der Waals surface area (Å²) in [5.41, 5.74) is 2.64. The van der Waals surface area contributed by atoms with Gasteiger partial charge < -0.3 is 15.4 Å². The second-order valence-electron chi connectivity index (χ2n) is 5.92. The van der Waals surface area contributed by atoms with Crippen LogP contribution in [-0.2, 0) is 4.74 Å². The summed E-state index contributed by atoms with van der Waals surface area (Å²) < 4.78 is 4.67. The summed E-state index contributed by atoms with van der Waals surface area (Å²) in [6.45, 7) is 1.99. The molecule has 0 aliphatic carbocycles. The third-order valence-corrected chi connectivity index (χ3v) is 4.14. The van der Waals surface area contributed by atoms with E-state index in [4.69, 9.17) is 11.6 Å². The second-order valence-corrected chi connectivity index (χ2v) is 6.33. The molecule has 3 aromatic rings. The Bertz CT molecular complexity index is 1020. The van der Waals surface area contributed by atoms with Crippen LogP contribution < -0.4 is 10.6 Å². The summed E-state index contributed by atoms with van der Waals surface area (Å²) in [5, 5.41) is 6.02. The number of esters is 1. The maximum absolute atomic E-state index is 12.4. The van der Waals surface area contributed by atoms with Gasteiger partial charge in [-0.15, -0.1) is 0 Å². The highest BCUT2D eigenvalue weighted by Crippen LogP contribution is 2.24. The highest BCUT2D eigenvalue weighted by Gasteiger charge is 2.14. The molecule has 0 unspecified atom stereocenters. The van der Waals surface area contributed by atoms with Crippen molar-refractivity contribution in [2.45, 2.75) is 6.92 Å². The van der Waals surface area contributed by atoms with Crippen molar-refractivity contribution in [2.24, 2.45) is 0 Å². The molecule has 1 aromatic heterocycles. The van der Waals surface area contributed by atoms with E-state index in [1.165, 1.54) is 37.7 Å². The largest absolute Gasteiger partial charge is 0.465 e. The Morgan fingerprint density at radius 2 is 1.89 bits per heavy atom. The van der Waals surface area contributed by atoms with Crippen molar-refractivity contribution in [2.75, 3.05) is 17.7 Å². The summed E-state index contributed by atoms with van der Waals surface area (Å²) in [6, 6.07) is 12.3. The maximum atomic E-state index is 12.4. The molecule has 0 atom stereocenters. The van der Waals surface area contributed by atoms with Crippen LogP contribution in [0, 0.1) is 6.92 Å². The Kier molecular flexibility index (Phi) is 5.86. The summed E-state index contributed by atoms with van der Waals surface area (Å²) in [7, 11) is 1.27. The standard InChI is InChI=1S/C20H17ClN4O3/c1-12-4-3-5-14(8-12)24-18-11-22-17(10-23-18)19(26)25-16-9-13(20(27)28-2)6-7-15(16)21/h3-11H,1-2H3,(H,23,24)(H,25,26). The number of carbonyl (C=O) groups is 2. The molecule has 0 saturated heterocycles. The summed E-state index contributed by atoms with van der Waals surface area (Å²) >= 11 is 6.09. The number of aromatic nitrogens is 2. The van der Waals surface area contributed by atoms with Gasteiger partial charge in [0.25, 0.3) is 5.91 Å². The Labute approximate surface area is 166 Å². The van der Waals surface area contributed by atoms with Gasteiger partial charge in [0.2, 0.25) is 0 Å². The lowest BCUT2D eigenvalue weighted by molar-refractivity contribution is 0.0600. The lowest BCUT2D eigenvalue weighted by Gasteiger charge is -2.09. The molecule has 142 valence electrons. The van der Waals surface area contributed by atoms with Crippen molar-refractivity contribution in [3.05, 3.63) is 76.7 Å². The number of ether oxygens (including phenoxy) is 1. The van der Waals surface area contributed by atoms with Gasteiger partial charge in [0, 0.05) is 5.69 Å². The fourth-order valence-electron chi connectivity index (χ4n) is 2.43. The van der Waals surface area contributed by atoms with Crippen LogP contribution in [0.1, 0.15) is 26.4 Å². The quantitative estimate of drug-likeness (QED) is 0.627. The first-order valence-electron chi connectivity index (χ1n) is 8.31. The molecule has 1 heterocycles. The topological polar surface area (TPSA) is 93.2 Å². The average molecular weight is 397 g/mol. The number of hydrogen-bond donors (Lipinski definition) is 2. The van der Waals surface area contributed by atoms with E-state index >= 15 is 0 Å². The lowest BCUT2D eigenvalue weighted by atomic mass is 10.2. The predicted octanol–water partition coefficient (Wildman–Crippen LogP) is 4.22. The number of aryl methyl sites for hydroxylation is 1. The maximum Gasteiger partial charge on any atom is 0.337 e. The van der Waals surface area contributed by atoms with Gasteiger partial charge >= 0.3 is 5.97 Å². The van der Waals surface area contributed by atoms with E-state index in [0.717, 1.165) is 11.3 Å². The monoisotopic (exact) mass is 396 g/mol. The van der Waals surface area contributed by atoms with Crippen molar-refractivity contribution < 1.29 is 14.3 Å².